The minimum Gasteiger partial charge on any atom is -0.396 e. The molecule has 25 heavy (non-hydrogen) atoms. The normalized spacial score (nSPS) is 20.6. The number of aryl methyl sites for hydroxylation is 2. The van der Waals surface area contributed by atoms with E-state index in [9.17, 15) is 9.59 Å². The monoisotopic (exact) mass is 343 g/mol. The van der Waals surface area contributed by atoms with Crippen LogP contribution in [-0.2, 0) is 11.3 Å². The van der Waals surface area contributed by atoms with Gasteiger partial charge in [-0.15, -0.1) is 0 Å². The van der Waals surface area contributed by atoms with Gasteiger partial charge in [-0.25, -0.2) is 4.98 Å². The number of aromatic nitrogens is 2. The van der Waals surface area contributed by atoms with Gasteiger partial charge in [-0.05, 0) is 50.2 Å². The van der Waals surface area contributed by atoms with E-state index in [2.05, 4.69) is 10.3 Å². The standard InChI is InChI=1S/C19H25N3O3/c1-13-3-2-4-16-18(13)20-12-22(19(16)25)10-9-17(24)21-15-7-5-14(11-23)6-8-15/h2-4,12,14-15,23H,5-11H2,1H3,(H,21,24). The van der Waals surface area contributed by atoms with E-state index in [-0.39, 0.29) is 30.5 Å². The number of hydrogen-bond donors (Lipinski definition) is 2. The van der Waals surface area contributed by atoms with Crippen LogP contribution in [0, 0.1) is 12.8 Å². The highest BCUT2D eigenvalue weighted by molar-refractivity contribution is 5.80. The first-order valence-corrected chi connectivity index (χ1v) is 8.93. The highest BCUT2D eigenvalue weighted by Gasteiger charge is 2.21. The molecule has 0 atom stereocenters. The predicted molar refractivity (Wildman–Crippen MR) is 96.3 cm³/mol. The van der Waals surface area contributed by atoms with Crippen molar-refractivity contribution in [2.45, 2.75) is 51.6 Å². The summed E-state index contributed by atoms with van der Waals surface area (Å²) in [7, 11) is 0. The molecule has 0 unspecified atom stereocenters. The molecule has 0 bridgehead atoms. The lowest BCUT2D eigenvalue weighted by molar-refractivity contribution is -0.122. The Morgan fingerprint density at radius 1 is 1.32 bits per heavy atom. The zero-order valence-electron chi connectivity index (χ0n) is 14.6. The van der Waals surface area contributed by atoms with Crippen molar-refractivity contribution >= 4 is 16.8 Å². The van der Waals surface area contributed by atoms with Gasteiger partial charge in [0.25, 0.3) is 5.56 Å². The molecule has 6 heteroatoms. The van der Waals surface area contributed by atoms with E-state index in [0.29, 0.717) is 23.4 Å². The number of para-hydroxylation sites is 1. The maximum absolute atomic E-state index is 12.5. The number of carbonyl (C=O) groups is 1. The van der Waals surface area contributed by atoms with Gasteiger partial charge in [-0.2, -0.15) is 0 Å². The summed E-state index contributed by atoms with van der Waals surface area (Å²) in [6, 6.07) is 5.73. The van der Waals surface area contributed by atoms with Crippen LogP contribution < -0.4 is 10.9 Å². The van der Waals surface area contributed by atoms with Crippen LogP contribution in [0.3, 0.4) is 0 Å². The summed E-state index contributed by atoms with van der Waals surface area (Å²) in [6.07, 6.45) is 5.52. The minimum atomic E-state index is -0.107. The lowest BCUT2D eigenvalue weighted by Crippen LogP contribution is -2.38. The van der Waals surface area contributed by atoms with Crippen molar-refractivity contribution in [1.82, 2.24) is 14.9 Å². The van der Waals surface area contributed by atoms with E-state index < -0.39 is 0 Å². The fourth-order valence-corrected chi connectivity index (χ4v) is 3.51. The van der Waals surface area contributed by atoms with E-state index in [0.717, 1.165) is 31.2 Å². The van der Waals surface area contributed by atoms with Gasteiger partial charge in [-0.3, -0.25) is 14.2 Å². The summed E-state index contributed by atoms with van der Waals surface area (Å²) in [5, 5.41) is 12.8. The number of hydrogen-bond acceptors (Lipinski definition) is 4. The Morgan fingerprint density at radius 3 is 2.80 bits per heavy atom. The Balaban J connectivity index is 1.58. The first-order valence-electron chi connectivity index (χ1n) is 8.93. The summed E-state index contributed by atoms with van der Waals surface area (Å²) in [5.41, 5.74) is 1.58. The molecular formula is C19H25N3O3. The summed E-state index contributed by atoms with van der Waals surface area (Å²) >= 11 is 0. The molecule has 0 saturated heterocycles. The fourth-order valence-electron chi connectivity index (χ4n) is 3.51. The minimum absolute atomic E-state index is 0.0383. The Morgan fingerprint density at radius 2 is 2.08 bits per heavy atom. The number of carbonyl (C=O) groups excluding carboxylic acids is 1. The molecule has 2 aromatic rings. The largest absolute Gasteiger partial charge is 0.396 e. The van der Waals surface area contributed by atoms with Crippen LogP contribution in [-0.4, -0.2) is 33.2 Å². The summed E-state index contributed by atoms with van der Waals surface area (Å²) in [4.78, 5) is 29.0. The third-order valence-corrected chi connectivity index (χ3v) is 5.11. The summed E-state index contributed by atoms with van der Waals surface area (Å²) in [6.45, 7) is 2.49. The predicted octanol–water partition coefficient (Wildman–Crippen LogP) is 1.76. The van der Waals surface area contributed by atoms with E-state index in [4.69, 9.17) is 5.11 Å². The third kappa shape index (κ3) is 4.07. The van der Waals surface area contributed by atoms with Crippen LogP contribution in [0.5, 0.6) is 0 Å². The molecule has 0 spiro atoms. The van der Waals surface area contributed by atoms with E-state index in [1.54, 1.807) is 6.07 Å². The van der Waals surface area contributed by atoms with Crippen molar-refractivity contribution in [2.75, 3.05) is 6.61 Å². The molecule has 1 aromatic heterocycles. The SMILES string of the molecule is Cc1cccc2c(=O)n(CCC(=O)NC3CCC(CO)CC3)cnc12. The van der Waals surface area contributed by atoms with E-state index in [1.165, 1.54) is 10.9 Å². The zero-order valence-corrected chi connectivity index (χ0v) is 14.6. The van der Waals surface area contributed by atoms with Gasteiger partial charge in [0.05, 0.1) is 17.2 Å². The van der Waals surface area contributed by atoms with Crippen molar-refractivity contribution in [3.05, 3.63) is 40.4 Å². The first-order chi connectivity index (χ1) is 12.1. The number of benzene rings is 1. The topological polar surface area (TPSA) is 84.2 Å². The quantitative estimate of drug-likeness (QED) is 0.866. The molecule has 0 aliphatic heterocycles. The first kappa shape index (κ1) is 17.6. The van der Waals surface area contributed by atoms with Gasteiger partial charge in [0.2, 0.25) is 5.91 Å². The van der Waals surface area contributed by atoms with Crippen LogP contribution in [0.15, 0.2) is 29.3 Å². The number of fused-ring (bicyclic) bond motifs is 1. The number of nitrogens with one attached hydrogen (secondary N) is 1. The Labute approximate surface area is 146 Å². The molecule has 3 rings (SSSR count). The van der Waals surface area contributed by atoms with Gasteiger partial charge in [-0.1, -0.05) is 12.1 Å². The van der Waals surface area contributed by atoms with Crippen LogP contribution in [0.4, 0.5) is 0 Å². The molecule has 6 nitrogen and oxygen atoms in total. The highest BCUT2D eigenvalue weighted by Crippen LogP contribution is 2.23. The average molecular weight is 343 g/mol. The molecular weight excluding hydrogens is 318 g/mol. The molecule has 1 aromatic carbocycles. The number of amides is 1. The Kier molecular flexibility index (Phi) is 5.48. The van der Waals surface area contributed by atoms with Crippen LogP contribution in [0.25, 0.3) is 10.9 Å². The molecule has 1 heterocycles. The summed E-state index contributed by atoms with van der Waals surface area (Å²) in [5.74, 6) is 0.336. The van der Waals surface area contributed by atoms with Crippen molar-refractivity contribution in [2.24, 2.45) is 5.92 Å². The van der Waals surface area contributed by atoms with Crippen molar-refractivity contribution in [3.63, 3.8) is 0 Å². The van der Waals surface area contributed by atoms with Crippen LogP contribution >= 0.6 is 0 Å². The molecule has 1 aliphatic rings. The Hall–Kier alpha value is -2.21. The van der Waals surface area contributed by atoms with Gasteiger partial charge in [0, 0.05) is 25.6 Å². The molecule has 1 saturated carbocycles. The third-order valence-electron chi connectivity index (χ3n) is 5.11. The molecule has 1 amide bonds. The van der Waals surface area contributed by atoms with Crippen molar-refractivity contribution in [3.8, 4) is 0 Å². The lowest BCUT2D eigenvalue weighted by Gasteiger charge is -2.28. The lowest BCUT2D eigenvalue weighted by atomic mass is 9.86. The average Bonchev–Trinajstić information content (AvgIpc) is 2.62. The number of aliphatic hydroxyl groups excluding tert-OH is 1. The van der Waals surface area contributed by atoms with Crippen molar-refractivity contribution in [1.29, 1.82) is 0 Å². The molecule has 2 N–H and O–H groups in total. The van der Waals surface area contributed by atoms with Crippen LogP contribution in [0.1, 0.15) is 37.7 Å². The second-order valence-corrected chi connectivity index (χ2v) is 6.93. The molecule has 134 valence electrons. The second-order valence-electron chi connectivity index (χ2n) is 6.93. The number of nitrogens with zero attached hydrogens (tertiary/aromatic N) is 2. The van der Waals surface area contributed by atoms with Crippen molar-refractivity contribution < 1.29 is 9.90 Å². The zero-order chi connectivity index (χ0) is 17.8. The smallest absolute Gasteiger partial charge is 0.261 e. The molecule has 0 radical (unpaired) electrons. The van der Waals surface area contributed by atoms with Crippen LogP contribution in [0.2, 0.25) is 0 Å². The number of aliphatic hydroxyl groups is 1. The van der Waals surface area contributed by atoms with Gasteiger partial charge >= 0.3 is 0 Å². The maximum Gasteiger partial charge on any atom is 0.261 e. The summed E-state index contributed by atoms with van der Waals surface area (Å²) < 4.78 is 1.50. The van der Waals surface area contributed by atoms with E-state index >= 15 is 0 Å². The Bertz CT molecular complexity index is 807. The van der Waals surface area contributed by atoms with E-state index in [1.807, 2.05) is 19.1 Å². The maximum atomic E-state index is 12.5. The van der Waals surface area contributed by atoms with Gasteiger partial charge in [0.15, 0.2) is 0 Å². The molecule has 1 aliphatic carbocycles. The number of rotatable bonds is 5. The highest BCUT2D eigenvalue weighted by atomic mass is 16.3. The van der Waals surface area contributed by atoms with Gasteiger partial charge < -0.3 is 10.4 Å². The molecule has 1 fully saturated rings. The second kappa shape index (κ2) is 7.78. The fraction of sp³-hybridized carbons (Fsp3) is 0.526. The van der Waals surface area contributed by atoms with Gasteiger partial charge in [0.1, 0.15) is 0 Å².